The van der Waals surface area contributed by atoms with Crippen LogP contribution >= 0.6 is 0 Å². The summed E-state index contributed by atoms with van der Waals surface area (Å²) >= 11 is 0. The topological polar surface area (TPSA) is 54.8 Å². The summed E-state index contributed by atoms with van der Waals surface area (Å²) in [5.74, 6) is 1.25. The normalized spacial score (nSPS) is 20.6. The van der Waals surface area contributed by atoms with Crippen LogP contribution in [0.1, 0.15) is 35.6 Å². The van der Waals surface area contributed by atoms with E-state index in [1.165, 1.54) is 5.56 Å². The zero-order valence-electron chi connectivity index (χ0n) is 16.9. The van der Waals surface area contributed by atoms with Crippen LogP contribution in [-0.2, 0) is 12.1 Å². The molecule has 30 heavy (non-hydrogen) atoms. The van der Waals surface area contributed by atoms with Crippen molar-refractivity contribution in [3.8, 4) is 11.6 Å². The van der Waals surface area contributed by atoms with Gasteiger partial charge in [0.05, 0.1) is 5.60 Å². The van der Waals surface area contributed by atoms with Gasteiger partial charge in [0.2, 0.25) is 0 Å². The summed E-state index contributed by atoms with van der Waals surface area (Å²) in [4.78, 5) is 6.66. The van der Waals surface area contributed by atoms with Crippen LogP contribution in [-0.4, -0.2) is 34.7 Å². The lowest BCUT2D eigenvalue weighted by Crippen LogP contribution is -2.42. The molecule has 5 nitrogen and oxygen atoms in total. The van der Waals surface area contributed by atoms with Gasteiger partial charge >= 0.3 is 0 Å². The second-order valence-corrected chi connectivity index (χ2v) is 8.14. The molecule has 2 aromatic carbocycles. The zero-order valence-corrected chi connectivity index (χ0v) is 16.9. The Morgan fingerprint density at radius 3 is 2.50 bits per heavy atom. The smallest absolute Gasteiger partial charge is 0.257 e. The van der Waals surface area contributed by atoms with Crippen molar-refractivity contribution in [2.24, 2.45) is 0 Å². The lowest BCUT2D eigenvalue weighted by atomic mass is 9.84. The first-order chi connectivity index (χ1) is 14.7. The maximum absolute atomic E-state index is 11.0. The van der Waals surface area contributed by atoms with Gasteiger partial charge in [0, 0.05) is 25.8 Å². The van der Waals surface area contributed by atoms with Crippen LogP contribution < -0.4 is 9.47 Å². The highest BCUT2D eigenvalue weighted by Crippen LogP contribution is 2.35. The van der Waals surface area contributed by atoms with Crippen molar-refractivity contribution in [1.82, 2.24) is 9.88 Å². The molecule has 1 atom stereocenters. The number of rotatable bonds is 4. The lowest BCUT2D eigenvalue weighted by molar-refractivity contribution is -0.0277. The van der Waals surface area contributed by atoms with Gasteiger partial charge in [-0.15, -0.1) is 0 Å². The summed E-state index contributed by atoms with van der Waals surface area (Å²) in [6.07, 6.45) is 3.09. The van der Waals surface area contributed by atoms with Crippen molar-refractivity contribution in [3.05, 3.63) is 89.6 Å². The third-order valence-electron chi connectivity index (χ3n) is 6.13. The van der Waals surface area contributed by atoms with Crippen molar-refractivity contribution < 1.29 is 14.6 Å². The molecule has 0 aliphatic carbocycles. The number of hydrogen-bond acceptors (Lipinski definition) is 5. The maximum Gasteiger partial charge on any atom is 0.257 e. The average molecular weight is 402 g/mol. The van der Waals surface area contributed by atoms with Gasteiger partial charge in [-0.3, -0.25) is 4.90 Å². The van der Waals surface area contributed by atoms with Crippen molar-refractivity contribution in [3.63, 3.8) is 0 Å². The van der Waals surface area contributed by atoms with Crippen LogP contribution in [0, 0.1) is 0 Å². The molecule has 2 aliphatic heterocycles. The molecule has 154 valence electrons. The predicted molar refractivity (Wildman–Crippen MR) is 114 cm³/mol. The van der Waals surface area contributed by atoms with Gasteiger partial charge in [-0.25, -0.2) is 4.98 Å². The fourth-order valence-electron chi connectivity index (χ4n) is 4.29. The molecule has 3 aromatic rings. The van der Waals surface area contributed by atoms with Crippen molar-refractivity contribution in [2.75, 3.05) is 19.7 Å². The van der Waals surface area contributed by atoms with Crippen molar-refractivity contribution in [2.45, 2.75) is 31.1 Å². The summed E-state index contributed by atoms with van der Waals surface area (Å²) in [5, 5.41) is 11.0. The second kappa shape index (κ2) is 8.09. The maximum atomic E-state index is 11.0. The van der Waals surface area contributed by atoms with E-state index < -0.39 is 5.60 Å². The Morgan fingerprint density at radius 2 is 1.73 bits per heavy atom. The summed E-state index contributed by atoms with van der Waals surface area (Å²) in [5.41, 5.74) is 2.68. The van der Waals surface area contributed by atoms with Gasteiger partial charge in [0.15, 0.2) is 11.9 Å². The SMILES string of the molecule is OC1(c2ccccc2)CCN(Cc2ccc(C3COc4cccnc4O3)cc2)CC1. The van der Waals surface area contributed by atoms with E-state index in [2.05, 4.69) is 34.1 Å². The van der Waals surface area contributed by atoms with E-state index in [1.807, 2.05) is 42.5 Å². The molecule has 5 rings (SSSR count). The molecule has 3 heterocycles. The highest BCUT2D eigenvalue weighted by Gasteiger charge is 2.33. The van der Waals surface area contributed by atoms with E-state index in [4.69, 9.17) is 9.47 Å². The zero-order chi connectivity index (χ0) is 20.4. The minimum Gasteiger partial charge on any atom is -0.484 e. The monoisotopic (exact) mass is 402 g/mol. The lowest BCUT2D eigenvalue weighted by Gasteiger charge is -2.38. The Labute approximate surface area is 176 Å². The van der Waals surface area contributed by atoms with E-state index in [9.17, 15) is 5.11 Å². The molecule has 0 spiro atoms. The van der Waals surface area contributed by atoms with E-state index in [-0.39, 0.29) is 6.10 Å². The molecule has 5 heteroatoms. The number of ether oxygens (including phenoxy) is 2. The number of hydrogen-bond donors (Lipinski definition) is 1. The van der Waals surface area contributed by atoms with Crippen molar-refractivity contribution in [1.29, 1.82) is 0 Å². The molecule has 0 saturated carbocycles. The first-order valence-corrected chi connectivity index (χ1v) is 10.5. The predicted octanol–water partition coefficient (Wildman–Crippen LogP) is 4.08. The molecular weight excluding hydrogens is 376 g/mol. The number of benzene rings is 2. The second-order valence-electron chi connectivity index (χ2n) is 8.14. The Hall–Kier alpha value is -2.89. The van der Waals surface area contributed by atoms with Crippen LogP contribution in [0.2, 0.25) is 0 Å². The molecular formula is C25H26N2O3. The number of nitrogens with zero attached hydrogens (tertiary/aromatic N) is 2. The van der Waals surface area contributed by atoms with E-state index >= 15 is 0 Å². The van der Waals surface area contributed by atoms with Crippen molar-refractivity contribution >= 4 is 0 Å². The van der Waals surface area contributed by atoms with Gasteiger partial charge < -0.3 is 14.6 Å². The Bertz CT molecular complexity index is 983. The number of likely N-dealkylation sites (tertiary alicyclic amines) is 1. The van der Waals surface area contributed by atoms with Gasteiger partial charge in [0.25, 0.3) is 5.88 Å². The Balaban J connectivity index is 1.18. The molecule has 1 aromatic heterocycles. The van der Waals surface area contributed by atoms with Gasteiger partial charge in [-0.05, 0) is 41.7 Å². The summed E-state index contributed by atoms with van der Waals surface area (Å²) < 4.78 is 11.8. The molecule has 0 amide bonds. The van der Waals surface area contributed by atoms with E-state index in [1.54, 1.807) is 6.20 Å². The molecule has 0 bridgehead atoms. The minimum atomic E-state index is -0.704. The number of pyridine rings is 1. The molecule has 2 aliphatic rings. The van der Waals surface area contributed by atoms with Crippen LogP contribution in [0.4, 0.5) is 0 Å². The van der Waals surface area contributed by atoms with Crippen LogP contribution in [0.15, 0.2) is 72.9 Å². The van der Waals surface area contributed by atoms with E-state index in [0.717, 1.165) is 43.6 Å². The van der Waals surface area contributed by atoms with Gasteiger partial charge in [-0.2, -0.15) is 0 Å². The highest BCUT2D eigenvalue weighted by atomic mass is 16.6. The quantitative estimate of drug-likeness (QED) is 0.713. The molecule has 1 unspecified atom stereocenters. The third-order valence-corrected chi connectivity index (χ3v) is 6.13. The first kappa shape index (κ1) is 19.1. The van der Waals surface area contributed by atoms with E-state index in [0.29, 0.717) is 18.2 Å². The number of aliphatic hydroxyl groups is 1. The highest BCUT2D eigenvalue weighted by molar-refractivity contribution is 5.36. The summed E-state index contributed by atoms with van der Waals surface area (Å²) in [6.45, 7) is 3.14. The average Bonchev–Trinajstić information content (AvgIpc) is 2.81. The Morgan fingerprint density at radius 1 is 0.967 bits per heavy atom. The minimum absolute atomic E-state index is 0.141. The Kier molecular flexibility index (Phi) is 5.15. The number of aromatic nitrogens is 1. The molecule has 1 saturated heterocycles. The van der Waals surface area contributed by atoms with Gasteiger partial charge in [-0.1, -0.05) is 54.6 Å². The standard InChI is InChI=1S/C25H26N2O3/c28-25(21-5-2-1-3-6-21)12-15-27(16-13-25)17-19-8-10-20(11-9-19)23-18-29-22-7-4-14-26-24(22)30-23/h1-11,14,23,28H,12-13,15-18H2. The number of fused-ring (bicyclic) bond motifs is 1. The summed E-state index contributed by atoms with van der Waals surface area (Å²) in [7, 11) is 0. The summed E-state index contributed by atoms with van der Waals surface area (Å²) in [6, 6.07) is 22.3. The fraction of sp³-hybridized carbons (Fsp3) is 0.320. The fourth-order valence-corrected chi connectivity index (χ4v) is 4.29. The molecule has 1 fully saturated rings. The van der Waals surface area contributed by atoms with Crippen LogP contribution in [0.25, 0.3) is 0 Å². The third kappa shape index (κ3) is 3.91. The number of piperidine rings is 1. The van der Waals surface area contributed by atoms with Crippen LogP contribution in [0.5, 0.6) is 11.6 Å². The van der Waals surface area contributed by atoms with Gasteiger partial charge in [0.1, 0.15) is 6.61 Å². The molecule has 1 N–H and O–H groups in total. The largest absolute Gasteiger partial charge is 0.484 e. The first-order valence-electron chi connectivity index (χ1n) is 10.5. The van der Waals surface area contributed by atoms with Crippen LogP contribution in [0.3, 0.4) is 0 Å². The molecule has 0 radical (unpaired) electrons.